The smallest absolute Gasteiger partial charge is 0.264 e. The summed E-state index contributed by atoms with van der Waals surface area (Å²) < 4.78 is 2.72. The number of thiophene rings is 1. The molecular formula is C66H64BN3S. The van der Waals surface area contributed by atoms with Crippen molar-refractivity contribution in [2.45, 2.75) is 104 Å². The molecule has 71 heavy (non-hydrogen) atoms. The molecule has 0 atom stereocenters. The van der Waals surface area contributed by atoms with E-state index >= 15 is 0 Å². The Morgan fingerprint density at radius 1 is 0.493 bits per heavy atom. The van der Waals surface area contributed by atoms with Gasteiger partial charge in [0.15, 0.2) is 0 Å². The highest BCUT2D eigenvalue weighted by molar-refractivity contribution is 7.33. The van der Waals surface area contributed by atoms with Gasteiger partial charge in [0.05, 0.1) is 17.1 Å². The first-order valence-corrected chi connectivity index (χ1v) is 26.5. The minimum absolute atomic E-state index is 0.00388. The van der Waals surface area contributed by atoms with E-state index < -0.39 is 0 Å². The average Bonchev–Trinajstić information content (AvgIpc) is 3.74. The number of para-hydroxylation sites is 3. The van der Waals surface area contributed by atoms with Gasteiger partial charge in [-0.3, -0.25) is 0 Å². The van der Waals surface area contributed by atoms with E-state index in [1.165, 1.54) is 93.3 Å². The SMILES string of the molecule is CC(C)(C)c1ccc(N2c3cc(N(c4ccccc4)c4ccccc4)cc4c3B(c3cc5c(cc3N4c3ccccc3-c3ccccc3)C(C)(C)CCC5(C)C)c3sc4ccc(C(C)(C)C)cc4c32)cc1. The summed E-state index contributed by atoms with van der Waals surface area (Å²) in [7, 11) is 0. The minimum atomic E-state index is -0.0253. The second-order valence-electron chi connectivity index (χ2n) is 23.7. The van der Waals surface area contributed by atoms with Gasteiger partial charge < -0.3 is 14.7 Å². The van der Waals surface area contributed by atoms with Gasteiger partial charge in [0.2, 0.25) is 0 Å². The molecule has 1 aliphatic carbocycles. The van der Waals surface area contributed by atoms with E-state index in [0.29, 0.717) is 0 Å². The lowest BCUT2D eigenvalue weighted by atomic mass is 9.35. The molecule has 0 unspecified atom stereocenters. The highest BCUT2D eigenvalue weighted by atomic mass is 32.1. The van der Waals surface area contributed by atoms with Crippen molar-refractivity contribution in [3.05, 3.63) is 204 Å². The lowest BCUT2D eigenvalue weighted by Gasteiger charge is -2.47. The summed E-state index contributed by atoms with van der Waals surface area (Å²) in [5.41, 5.74) is 21.4. The van der Waals surface area contributed by atoms with Gasteiger partial charge in [-0.05, 0) is 146 Å². The highest BCUT2D eigenvalue weighted by Crippen LogP contribution is 2.54. The molecule has 5 heteroatoms. The van der Waals surface area contributed by atoms with Crippen LogP contribution in [0.3, 0.4) is 0 Å². The predicted molar refractivity (Wildman–Crippen MR) is 309 cm³/mol. The predicted octanol–water partition coefficient (Wildman–Crippen LogP) is 17.1. The zero-order chi connectivity index (χ0) is 49.2. The van der Waals surface area contributed by atoms with Crippen molar-refractivity contribution in [2.75, 3.05) is 14.7 Å². The van der Waals surface area contributed by atoms with Crippen LogP contribution in [0.5, 0.6) is 0 Å². The standard InChI is InChI=1S/C66H64BN3S/c1-63(2,3)44-30-33-48(34-31-44)69-57-39-49(68(46-24-16-12-17-25-46)47-26-18-13-19-27-47)40-58-60(57)67(62-61(69)51-38-45(64(4,5)6)32-35-59(51)71-62)54-41-52-53(66(9,10)37-36-65(52,7)8)42-56(54)70(58)55-29-21-20-28-50(55)43-22-14-11-15-23-43/h11-35,38-42H,36-37H2,1-10H3. The number of fused-ring (bicyclic) bond motifs is 7. The van der Waals surface area contributed by atoms with Crippen LogP contribution in [-0.2, 0) is 21.7 Å². The zero-order valence-corrected chi connectivity index (χ0v) is 43.9. The molecular weight excluding hydrogens is 878 g/mol. The van der Waals surface area contributed by atoms with Gasteiger partial charge in [-0.2, -0.15) is 0 Å². The lowest BCUT2D eigenvalue weighted by Crippen LogP contribution is -2.61. The average molecular weight is 942 g/mol. The van der Waals surface area contributed by atoms with Gasteiger partial charge in [0.1, 0.15) is 0 Å². The minimum Gasteiger partial charge on any atom is -0.311 e. The summed E-state index contributed by atoms with van der Waals surface area (Å²) in [6.07, 6.45) is 2.29. The Kier molecular flexibility index (Phi) is 10.4. The van der Waals surface area contributed by atoms with Crippen molar-refractivity contribution in [3.8, 4) is 11.1 Å². The summed E-state index contributed by atoms with van der Waals surface area (Å²) in [6.45, 7) is 23.9. The van der Waals surface area contributed by atoms with E-state index in [-0.39, 0.29) is 28.4 Å². The number of nitrogens with zero attached hydrogens (tertiary/aromatic N) is 3. The van der Waals surface area contributed by atoms with Crippen molar-refractivity contribution in [2.24, 2.45) is 0 Å². The molecule has 0 saturated heterocycles. The van der Waals surface area contributed by atoms with Gasteiger partial charge in [-0.15, -0.1) is 11.3 Å². The Morgan fingerprint density at radius 2 is 1.03 bits per heavy atom. The van der Waals surface area contributed by atoms with Crippen molar-refractivity contribution in [3.63, 3.8) is 0 Å². The molecule has 0 spiro atoms. The molecule has 0 bridgehead atoms. The van der Waals surface area contributed by atoms with E-state index in [4.69, 9.17) is 0 Å². The van der Waals surface area contributed by atoms with E-state index in [0.717, 1.165) is 29.9 Å². The molecule has 8 aromatic carbocycles. The van der Waals surface area contributed by atoms with Crippen LogP contribution in [0, 0.1) is 0 Å². The lowest BCUT2D eigenvalue weighted by molar-refractivity contribution is 0.332. The number of rotatable bonds is 6. The van der Waals surface area contributed by atoms with Crippen LogP contribution < -0.4 is 30.4 Å². The molecule has 0 saturated carbocycles. The maximum atomic E-state index is 2.68. The number of anilines is 9. The molecule has 3 heterocycles. The van der Waals surface area contributed by atoms with E-state index in [9.17, 15) is 0 Å². The van der Waals surface area contributed by atoms with Crippen LogP contribution in [0.2, 0.25) is 0 Å². The monoisotopic (exact) mass is 941 g/mol. The van der Waals surface area contributed by atoms with Crippen LogP contribution in [-0.4, -0.2) is 6.71 Å². The molecule has 9 aromatic rings. The second-order valence-corrected chi connectivity index (χ2v) is 24.8. The van der Waals surface area contributed by atoms with Crippen LogP contribution in [0.15, 0.2) is 182 Å². The topological polar surface area (TPSA) is 9.72 Å². The molecule has 0 radical (unpaired) electrons. The first-order valence-electron chi connectivity index (χ1n) is 25.7. The summed E-state index contributed by atoms with van der Waals surface area (Å²) in [5, 5.41) is 1.32. The van der Waals surface area contributed by atoms with Gasteiger partial charge in [0.25, 0.3) is 6.71 Å². The Balaban J connectivity index is 1.27. The fourth-order valence-corrected chi connectivity index (χ4v) is 13.2. The Hall–Kier alpha value is -6.82. The zero-order valence-electron chi connectivity index (χ0n) is 43.1. The molecule has 1 aromatic heterocycles. The quantitative estimate of drug-likeness (QED) is 0.154. The van der Waals surface area contributed by atoms with E-state index in [2.05, 4.69) is 266 Å². The van der Waals surface area contributed by atoms with Crippen molar-refractivity contribution in [1.82, 2.24) is 0 Å². The summed E-state index contributed by atoms with van der Waals surface area (Å²) in [5.74, 6) is 0. The third-order valence-electron chi connectivity index (χ3n) is 16.0. The third kappa shape index (κ3) is 7.45. The number of benzene rings is 8. The maximum absolute atomic E-state index is 2.68. The second kappa shape index (κ2) is 16.4. The summed E-state index contributed by atoms with van der Waals surface area (Å²) in [4.78, 5) is 7.78. The van der Waals surface area contributed by atoms with Crippen molar-refractivity contribution >= 4 is 95.0 Å². The first kappa shape index (κ1) is 45.3. The van der Waals surface area contributed by atoms with Crippen LogP contribution in [0.4, 0.5) is 51.2 Å². The Bertz CT molecular complexity index is 3460. The molecule has 3 aliphatic rings. The summed E-state index contributed by atoms with van der Waals surface area (Å²) >= 11 is 2.00. The van der Waals surface area contributed by atoms with Crippen LogP contribution >= 0.6 is 11.3 Å². The fourth-order valence-electron chi connectivity index (χ4n) is 11.9. The summed E-state index contributed by atoms with van der Waals surface area (Å²) in [6, 6.07) is 69.1. The molecule has 12 rings (SSSR count). The van der Waals surface area contributed by atoms with E-state index in [1.807, 2.05) is 11.3 Å². The highest BCUT2D eigenvalue weighted by Gasteiger charge is 2.48. The molecule has 0 fully saturated rings. The Morgan fingerprint density at radius 3 is 1.63 bits per heavy atom. The molecule has 0 N–H and O–H groups in total. The van der Waals surface area contributed by atoms with Gasteiger partial charge in [0, 0.05) is 54.6 Å². The third-order valence-corrected chi connectivity index (χ3v) is 17.2. The van der Waals surface area contributed by atoms with E-state index in [1.54, 1.807) is 0 Å². The normalized spacial score (nSPS) is 15.5. The first-order chi connectivity index (χ1) is 34.0. The maximum Gasteiger partial charge on any atom is 0.264 e. The Labute approximate surface area is 426 Å². The molecule has 352 valence electrons. The van der Waals surface area contributed by atoms with Gasteiger partial charge >= 0.3 is 0 Å². The molecule has 0 amide bonds. The molecule has 2 aliphatic heterocycles. The van der Waals surface area contributed by atoms with Crippen LogP contribution in [0.25, 0.3) is 21.2 Å². The number of hydrogen-bond acceptors (Lipinski definition) is 4. The van der Waals surface area contributed by atoms with Gasteiger partial charge in [-0.1, -0.05) is 178 Å². The number of hydrogen-bond donors (Lipinski definition) is 0. The van der Waals surface area contributed by atoms with Crippen LogP contribution in [0.1, 0.15) is 104 Å². The molecule has 3 nitrogen and oxygen atoms in total. The van der Waals surface area contributed by atoms with Gasteiger partial charge in [-0.25, -0.2) is 0 Å². The fraction of sp³-hybridized carbons (Fsp3) is 0.242. The van der Waals surface area contributed by atoms with Crippen molar-refractivity contribution < 1.29 is 0 Å². The largest absolute Gasteiger partial charge is 0.311 e. The van der Waals surface area contributed by atoms with Crippen molar-refractivity contribution in [1.29, 1.82) is 0 Å².